The standard InChI is InChI=1S/C10H11FN2O2/c11-9-6-7(12)2-3-8(9)10(14)13-4-1-5-15-13/h2-3,6H,1,4-5,12H2. The van der Waals surface area contributed by atoms with Crippen molar-refractivity contribution in [2.24, 2.45) is 0 Å². The van der Waals surface area contributed by atoms with Crippen LogP contribution in [0.3, 0.4) is 0 Å². The summed E-state index contributed by atoms with van der Waals surface area (Å²) in [5, 5.41) is 1.18. The van der Waals surface area contributed by atoms with Crippen molar-refractivity contribution in [3.05, 3.63) is 29.6 Å². The molecule has 1 aromatic rings. The second kappa shape index (κ2) is 3.86. The molecule has 0 saturated carbocycles. The lowest BCUT2D eigenvalue weighted by atomic mass is 10.2. The van der Waals surface area contributed by atoms with Crippen molar-refractivity contribution in [1.82, 2.24) is 5.06 Å². The quantitative estimate of drug-likeness (QED) is 0.708. The molecular weight excluding hydrogens is 199 g/mol. The molecule has 0 spiro atoms. The van der Waals surface area contributed by atoms with Gasteiger partial charge in [-0.25, -0.2) is 9.45 Å². The summed E-state index contributed by atoms with van der Waals surface area (Å²) in [6, 6.07) is 3.99. The number of nitrogens with zero attached hydrogens (tertiary/aromatic N) is 1. The van der Waals surface area contributed by atoms with Crippen molar-refractivity contribution in [2.75, 3.05) is 18.9 Å². The smallest absolute Gasteiger partial charge is 0.280 e. The second-order valence-electron chi connectivity index (χ2n) is 3.33. The molecule has 5 heteroatoms. The van der Waals surface area contributed by atoms with Crippen LogP contribution < -0.4 is 5.73 Å². The van der Waals surface area contributed by atoms with Crippen LogP contribution in [0, 0.1) is 5.82 Å². The fourth-order valence-corrected chi connectivity index (χ4v) is 1.45. The number of hydroxylamine groups is 2. The van der Waals surface area contributed by atoms with Crippen molar-refractivity contribution in [1.29, 1.82) is 0 Å². The fourth-order valence-electron chi connectivity index (χ4n) is 1.45. The number of amides is 1. The van der Waals surface area contributed by atoms with E-state index in [0.717, 1.165) is 12.5 Å². The van der Waals surface area contributed by atoms with Crippen molar-refractivity contribution in [2.45, 2.75) is 6.42 Å². The van der Waals surface area contributed by atoms with Gasteiger partial charge >= 0.3 is 0 Å². The third-order valence-corrected chi connectivity index (χ3v) is 2.20. The van der Waals surface area contributed by atoms with Crippen LogP contribution in [0.2, 0.25) is 0 Å². The molecule has 1 aromatic carbocycles. The molecule has 0 radical (unpaired) electrons. The van der Waals surface area contributed by atoms with Gasteiger partial charge in [-0.3, -0.25) is 9.63 Å². The molecule has 0 aromatic heterocycles. The van der Waals surface area contributed by atoms with Crippen LogP contribution in [0.1, 0.15) is 16.8 Å². The maximum Gasteiger partial charge on any atom is 0.280 e. The number of hydrogen-bond donors (Lipinski definition) is 1. The Morgan fingerprint density at radius 3 is 2.93 bits per heavy atom. The Labute approximate surface area is 86.4 Å². The highest BCUT2D eigenvalue weighted by Gasteiger charge is 2.23. The zero-order chi connectivity index (χ0) is 10.8. The minimum atomic E-state index is -0.615. The maximum absolute atomic E-state index is 13.4. The molecule has 15 heavy (non-hydrogen) atoms. The highest BCUT2D eigenvalue weighted by molar-refractivity contribution is 5.94. The first-order valence-electron chi connectivity index (χ1n) is 4.68. The first kappa shape index (κ1) is 9.92. The molecule has 0 atom stereocenters. The predicted octanol–water partition coefficient (Wildman–Crippen LogP) is 1.19. The summed E-state index contributed by atoms with van der Waals surface area (Å²) in [6.45, 7) is 1.00. The van der Waals surface area contributed by atoms with Gasteiger partial charge < -0.3 is 5.73 Å². The van der Waals surface area contributed by atoms with Gasteiger partial charge in [0.05, 0.1) is 18.7 Å². The number of benzene rings is 1. The lowest BCUT2D eigenvalue weighted by Crippen LogP contribution is -2.27. The minimum absolute atomic E-state index is 0.00824. The van der Waals surface area contributed by atoms with E-state index in [1.807, 2.05) is 0 Å². The number of halogens is 1. The number of nitrogens with two attached hydrogens (primary N) is 1. The second-order valence-corrected chi connectivity index (χ2v) is 3.33. The molecule has 1 fully saturated rings. The van der Waals surface area contributed by atoms with Crippen LogP contribution >= 0.6 is 0 Å². The lowest BCUT2D eigenvalue weighted by Gasteiger charge is -2.14. The zero-order valence-electron chi connectivity index (χ0n) is 8.07. The summed E-state index contributed by atoms with van der Waals surface area (Å²) in [4.78, 5) is 16.7. The average Bonchev–Trinajstić information content (AvgIpc) is 2.69. The Morgan fingerprint density at radius 1 is 1.53 bits per heavy atom. The monoisotopic (exact) mass is 210 g/mol. The molecule has 0 unspecified atom stereocenters. The molecule has 1 heterocycles. The molecule has 80 valence electrons. The highest BCUT2D eigenvalue weighted by Crippen LogP contribution is 2.16. The van der Waals surface area contributed by atoms with E-state index in [0.29, 0.717) is 18.8 Å². The Morgan fingerprint density at radius 2 is 2.33 bits per heavy atom. The van der Waals surface area contributed by atoms with Gasteiger partial charge in [-0.15, -0.1) is 0 Å². The number of carbonyl (C=O) groups excluding carboxylic acids is 1. The topological polar surface area (TPSA) is 55.6 Å². The maximum atomic E-state index is 13.4. The zero-order valence-corrected chi connectivity index (χ0v) is 8.07. The van der Waals surface area contributed by atoms with Gasteiger partial charge in [0.15, 0.2) is 0 Å². The van der Waals surface area contributed by atoms with Gasteiger partial charge in [-0.05, 0) is 24.6 Å². The first-order chi connectivity index (χ1) is 7.18. The Hall–Kier alpha value is -1.62. The van der Waals surface area contributed by atoms with Crippen LogP contribution in [0.5, 0.6) is 0 Å². The number of anilines is 1. The van der Waals surface area contributed by atoms with Crippen molar-refractivity contribution in [3.8, 4) is 0 Å². The Bertz CT molecular complexity index is 389. The summed E-state index contributed by atoms with van der Waals surface area (Å²) < 4.78 is 13.4. The third-order valence-electron chi connectivity index (χ3n) is 2.20. The fraction of sp³-hybridized carbons (Fsp3) is 0.300. The van der Waals surface area contributed by atoms with Gasteiger partial charge in [0.25, 0.3) is 5.91 Å². The molecule has 1 aliphatic heterocycles. The molecule has 1 saturated heterocycles. The number of hydrogen-bond acceptors (Lipinski definition) is 3. The molecule has 0 aliphatic carbocycles. The normalized spacial score (nSPS) is 15.7. The Kier molecular flexibility index (Phi) is 2.55. The predicted molar refractivity (Wildman–Crippen MR) is 52.4 cm³/mol. The van der Waals surface area contributed by atoms with Crippen LogP contribution in [-0.4, -0.2) is 24.1 Å². The van der Waals surface area contributed by atoms with E-state index in [2.05, 4.69) is 0 Å². The summed E-state index contributed by atoms with van der Waals surface area (Å²) >= 11 is 0. The molecular formula is C10H11FN2O2. The van der Waals surface area contributed by atoms with E-state index in [1.165, 1.54) is 17.2 Å². The minimum Gasteiger partial charge on any atom is -0.399 e. The lowest BCUT2D eigenvalue weighted by molar-refractivity contribution is -0.0770. The SMILES string of the molecule is Nc1ccc(C(=O)N2CCCO2)c(F)c1. The summed E-state index contributed by atoms with van der Waals surface area (Å²) in [5.41, 5.74) is 5.67. The van der Waals surface area contributed by atoms with E-state index in [-0.39, 0.29) is 5.56 Å². The van der Waals surface area contributed by atoms with Crippen molar-refractivity contribution >= 4 is 11.6 Å². The number of rotatable bonds is 1. The molecule has 1 aliphatic rings. The number of carbonyl (C=O) groups is 1. The van der Waals surface area contributed by atoms with Crippen LogP contribution in [-0.2, 0) is 4.84 Å². The van der Waals surface area contributed by atoms with Gasteiger partial charge in [0.1, 0.15) is 5.82 Å². The van der Waals surface area contributed by atoms with E-state index in [4.69, 9.17) is 10.6 Å². The van der Waals surface area contributed by atoms with E-state index in [1.54, 1.807) is 0 Å². The average molecular weight is 210 g/mol. The summed E-state index contributed by atoms with van der Waals surface area (Å²) in [7, 11) is 0. The van der Waals surface area contributed by atoms with Crippen molar-refractivity contribution in [3.63, 3.8) is 0 Å². The van der Waals surface area contributed by atoms with Gasteiger partial charge in [-0.1, -0.05) is 0 Å². The largest absolute Gasteiger partial charge is 0.399 e. The van der Waals surface area contributed by atoms with Gasteiger partial charge in [0.2, 0.25) is 0 Å². The van der Waals surface area contributed by atoms with Gasteiger partial charge in [0, 0.05) is 5.69 Å². The molecule has 2 N–H and O–H groups in total. The Balaban J connectivity index is 2.24. The molecule has 4 nitrogen and oxygen atoms in total. The summed E-state index contributed by atoms with van der Waals surface area (Å²) in [5.74, 6) is -1.07. The van der Waals surface area contributed by atoms with Crippen LogP contribution in [0.25, 0.3) is 0 Å². The number of nitrogen functional groups attached to an aromatic ring is 1. The van der Waals surface area contributed by atoms with E-state index < -0.39 is 11.7 Å². The van der Waals surface area contributed by atoms with Crippen molar-refractivity contribution < 1.29 is 14.0 Å². The van der Waals surface area contributed by atoms with Crippen LogP contribution in [0.15, 0.2) is 18.2 Å². The first-order valence-corrected chi connectivity index (χ1v) is 4.68. The van der Waals surface area contributed by atoms with Gasteiger partial charge in [-0.2, -0.15) is 0 Å². The highest BCUT2D eigenvalue weighted by atomic mass is 19.1. The molecule has 1 amide bonds. The molecule has 0 bridgehead atoms. The van der Waals surface area contributed by atoms with E-state index in [9.17, 15) is 9.18 Å². The summed E-state index contributed by atoms with van der Waals surface area (Å²) in [6.07, 6.45) is 0.780. The van der Waals surface area contributed by atoms with Crippen LogP contribution in [0.4, 0.5) is 10.1 Å². The molecule has 2 rings (SSSR count). The van der Waals surface area contributed by atoms with E-state index >= 15 is 0 Å². The third kappa shape index (κ3) is 1.92.